The fourth-order valence-electron chi connectivity index (χ4n) is 3.30. The molecule has 3 nitrogen and oxygen atoms in total. The van der Waals surface area contributed by atoms with E-state index in [-0.39, 0.29) is 12.4 Å². The minimum atomic E-state index is 0. The van der Waals surface area contributed by atoms with E-state index < -0.39 is 0 Å². The second-order valence-corrected chi connectivity index (χ2v) is 4.87. The van der Waals surface area contributed by atoms with Crippen LogP contribution in [0.15, 0.2) is 0 Å². The van der Waals surface area contributed by atoms with Crippen LogP contribution in [0.3, 0.4) is 0 Å². The molecule has 4 atom stereocenters. The Morgan fingerprint density at radius 3 is 2.33 bits per heavy atom. The van der Waals surface area contributed by atoms with Crippen LogP contribution < -0.4 is 5.73 Å². The van der Waals surface area contributed by atoms with E-state index >= 15 is 0 Å². The zero-order valence-corrected chi connectivity index (χ0v) is 10.5. The first kappa shape index (κ1) is 13.2. The summed E-state index contributed by atoms with van der Waals surface area (Å²) in [5.41, 5.74) is 6.03. The Balaban J connectivity index is 0.00000112. The van der Waals surface area contributed by atoms with Gasteiger partial charge < -0.3 is 10.5 Å². The fraction of sp³-hybridized carbons (Fsp3) is 1.00. The van der Waals surface area contributed by atoms with Crippen molar-refractivity contribution in [3.05, 3.63) is 0 Å². The van der Waals surface area contributed by atoms with Crippen molar-refractivity contribution in [1.29, 1.82) is 0 Å². The van der Waals surface area contributed by atoms with Crippen LogP contribution in [-0.2, 0) is 4.74 Å². The fourth-order valence-corrected chi connectivity index (χ4v) is 3.30. The van der Waals surface area contributed by atoms with Crippen LogP contribution in [0.1, 0.15) is 32.6 Å². The van der Waals surface area contributed by atoms with Gasteiger partial charge in [-0.3, -0.25) is 4.90 Å². The summed E-state index contributed by atoms with van der Waals surface area (Å²) in [5.74, 6) is 0. The Labute approximate surface area is 98.7 Å². The van der Waals surface area contributed by atoms with E-state index in [1.807, 2.05) is 0 Å². The molecule has 2 fully saturated rings. The molecule has 0 radical (unpaired) electrons. The third-order valence-electron chi connectivity index (χ3n) is 3.74. The summed E-state index contributed by atoms with van der Waals surface area (Å²) in [6.45, 7) is 3.12. The Bertz CT molecular complexity index is 189. The van der Waals surface area contributed by atoms with Gasteiger partial charge in [0.15, 0.2) is 0 Å². The van der Waals surface area contributed by atoms with Gasteiger partial charge in [0.1, 0.15) is 0 Å². The van der Waals surface area contributed by atoms with Crippen molar-refractivity contribution in [2.45, 2.75) is 56.8 Å². The topological polar surface area (TPSA) is 38.5 Å². The number of hydrogen-bond acceptors (Lipinski definition) is 3. The number of nitrogens with zero attached hydrogens (tertiary/aromatic N) is 1. The predicted molar refractivity (Wildman–Crippen MR) is 64.4 cm³/mol. The van der Waals surface area contributed by atoms with Gasteiger partial charge in [0.05, 0.1) is 6.61 Å². The van der Waals surface area contributed by atoms with Gasteiger partial charge >= 0.3 is 0 Å². The lowest BCUT2D eigenvalue weighted by atomic mass is 9.96. The zero-order chi connectivity index (χ0) is 10.1. The molecule has 2 aliphatic rings. The molecule has 0 saturated carbocycles. The number of fused-ring (bicyclic) bond motifs is 2. The minimum absolute atomic E-state index is 0. The maximum absolute atomic E-state index is 6.03. The average Bonchev–Trinajstić information content (AvgIpc) is 2.39. The average molecular weight is 235 g/mol. The van der Waals surface area contributed by atoms with Crippen molar-refractivity contribution >= 4 is 12.4 Å². The summed E-state index contributed by atoms with van der Waals surface area (Å²) in [6, 6.07) is 2.46. The van der Waals surface area contributed by atoms with E-state index in [0.29, 0.717) is 12.1 Å². The molecule has 0 aromatic carbocycles. The normalized spacial score (nSPS) is 37.4. The molecule has 90 valence electrons. The molecule has 2 aliphatic heterocycles. The molecule has 2 saturated heterocycles. The SMILES string of the molecule is COCC(C)N1[C@@H]2CC[C@H]1CC(N)C2.Cl. The highest BCUT2D eigenvalue weighted by Crippen LogP contribution is 2.36. The predicted octanol–water partition coefficient (Wildman–Crippen LogP) is 1.40. The van der Waals surface area contributed by atoms with E-state index in [2.05, 4.69) is 11.8 Å². The Kier molecular flexibility index (Phi) is 4.84. The van der Waals surface area contributed by atoms with Crippen LogP contribution in [-0.4, -0.2) is 42.8 Å². The van der Waals surface area contributed by atoms with Gasteiger partial charge in [0.2, 0.25) is 0 Å². The van der Waals surface area contributed by atoms with E-state index in [4.69, 9.17) is 10.5 Å². The van der Waals surface area contributed by atoms with Crippen molar-refractivity contribution in [1.82, 2.24) is 4.90 Å². The molecule has 0 amide bonds. The molecule has 0 aliphatic carbocycles. The molecule has 0 aromatic heterocycles. The number of ether oxygens (including phenoxy) is 1. The summed E-state index contributed by atoms with van der Waals surface area (Å²) in [7, 11) is 1.79. The van der Waals surface area contributed by atoms with E-state index in [1.54, 1.807) is 7.11 Å². The molecule has 2 rings (SSSR count). The Hall–Kier alpha value is 0.170. The second kappa shape index (κ2) is 5.48. The highest BCUT2D eigenvalue weighted by molar-refractivity contribution is 5.85. The number of rotatable bonds is 3. The number of piperidine rings is 1. The first-order chi connectivity index (χ1) is 6.72. The maximum atomic E-state index is 6.03. The van der Waals surface area contributed by atoms with Crippen molar-refractivity contribution in [2.75, 3.05) is 13.7 Å². The zero-order valence-electron chi connectivity index (χ0n) is 9.69. The minimum Gasteiger partial charge on any atom is -0.383 e. The van der Waals surface area contributed by atoms with Crippen LogP contribution in [0.25, 0.3) is 0 Å². The number of methoxy groups -OCH3 is 1. The highest BCUT2D eigenvalue weighted by atomic mass is 35.5. The van der Waals surface area contributed by atoms with Gasteiger partial charge in [-0.1, -0.05) is 0 Å². The molecule has 2 unspecified atom stereocenters. The lowest BCUT2D eigenvalue weighted by molar-refractivity contribution is 0.0379. The Morgan fingerprint density at radius 2 is 1.87 bits per heavy atom. The summed E-state index contributed by atoms with van der Waals surface area (Å²) in [4.78, 5) is 2.65. The smallest absolute Gasteiger partial charge is 0.0615 e. The number of nitrogens with two attached hydrogens (primary N) is 1. The standard InChI is InChI=1S/C11H22N2O.ClH/c1-8(7-14-2)13-10-3-4-11(13)6-9(12)5-10;/h8-11H,3-7,12H2,1-2H3;1H/t8?,9?,10-,11+;. The van der Waals surface area contributed by atoms with Crippen LogP contribution >= 0.6 is 12.4 Å². The summed E-state index contributed by atoms with van der Waals surface area (Å²) in [6.07, 6.45) is 5.05. The van der Waals surface area contributed by atoms with Gasteiger partial charge in [-0.15, -0.1) is 12.4 Å². The highest BCUT2D eigenvalue weighted by Gasteiger charge is 2.41. The first-order valence-electron chi connectivity index (χ1n) is 5.74. The van der Waals surface area contributed by atoms with Gasteiger partial charge in [0.25, 0.3) is 0 Å². The molecule has 2 heterocycles. The molecular formula is C11H23ClN2O. The lowest BCUT2D eigenvalue weighted by Gasteiger charge is -2.41. The van der Waals surface area contributed by atoms with Crippen LogP contribution in [0.2, 0.25) is 0 Å². The first-order valence-corrected chi connectivity index (χ1v) is 5.74. The van der Waals surface area contributed by atoms with E-state index in [9.17, 15) is 0 Å². The molecule has 4 heteroatoms. The molecule has 0 spiro atoms. The summed E-state index contributed by atoms with van der Waals surface area (Å²) >= 11 is 0. The van der Waals surface area contributed by atoms with Crippen LogP contribution in [0.4, 0.5) is 0 Å². The quantitative estimate of drug-likeness (QED) is 0.803. The molecular weight excluding hydrogens is 212 g/mol. The van der Waals surface area contributed by atoms with Gasteiger partial charge in [-0.2, -0.15) is 0 Å². The van der Waals surface area contributed by atoms with Crippen LogP contribution in [0.5, 0.6) is 0 Å². The Morgan fingerprint density at radius 1 is 1.33 bits per heavy atom. The third-order valence-corrected chi connectivity index (χ3v) is 3.74. The monoisotopic (exact) mass is 234 g/mol. The van der Waals surface area contributed by atoms with E-state index in [0.717, 1.165) is 18.7 Å². The number of hydrogen-bond donors (Lipinski definition) is 1. The lowest BCUT2D eigenvalue weighted by Crippen LogP contribution is -2.52. The van der Waals surface area contributed by atoms with E-state index in [1.165, 1.54) is 25.7 Å². The summed E-state index contributed by atoms with van der Waals surface area (Å²) in [5, 5.41) is 0. The van der Waals surface area contributed by atoms with Crippen molar-refractivity contribution in [3.63, 3.8) is 0 Å². The largest absolute Gasteiger partial charge is 0.383 e. The maximum Gasteiger partial charge on any atom is 0.0615 e. The molecule has 2 bridgehead atoms. The van der Waals surface area contributed by atoms with Crippen molar-refractivity contribution in [3.8, 4) is 0 Å². The third kappa shape index (κ3) is 2.64. The molecule has 2 N–H and O–H groups in total. The summed E-state index contributed by atoms with van der Waals surface area (Å²) < 4.78 is 5.24. The van der Waals surface area contributed by atoms with Gasteiger partial charge in [-0.05, 0) is 32.6 Å². The van der Waals surface area contributed by atoms with Gasteiger partial charge in [-0.25, -0.2) is 0 Å². The van der Waals surface area contributed by atoms with Crippen LogP contribution in [0, 0.1) is 0 Å². The molecule has 15 heavy (non-hydrogen) atoms. The van der Waals surface area contributed by atoms with Crippen molar-refractivity contribution < 1.29 is 4.74 Å². The number of halogens is 1. The van der Waals surface area contributed by atoms with Crippen molar-refractivity contribution in [2.24, 2.45) is 5.73 Å². The second-order valence-electron chi connectivity index (χ2n) is 4.87. The van der Waals surface area contributed by atoms with Gasteiger partial charge in [0, 0.05) is 31.3 Å². The molecule has 0 aromatic rings.